The number of alkyl halides is 2. The highest BCUT2D eigenvalue weighted by Gasteiger charge is 2.54. The SMILES string of the molecule is FC(F)c1cc(-c2ccccc2)nc2c(-c3nnc(C45CC6CC(CC(C6)C4)C5)o3)cnn12. The van der Waals surface area contributed by atoms with E-state index >= 15 is 0 Å². The number of hydrogen-bond donors (Lipinski definition) is 0. The molecule has 0 radical (unpaired) electrons. The predicted octanol–water partition coefficient (Wildman–Crippen LogP) is 5.85. The number of halogens is 2. The Hall–Kier alpha value is -3.16. The van der Waals surface area contributed by atoms with Crippen LogP contribution in [0.1, 0.15) is 56.5 Å². The summed E-state index contributed by atoms with van der Waals surface area (Å²) in [5, 5.41) is 13.0. The maximum atomic E-state index is 13.9. The van der Waals surface area contributed by atoms with Gasteiger partial charge in [-0.25, -0.2) is 18.3 Å². The largest absolute Gasteiger partial charge is 0.420 e. The average Bonchev–Trinajstić information content (AvgIpc) is 3.45. The summed E-state index contributed by atoms with van der Waals surface area (Å²) in [6.07, 6.45) is 6.13. The van der Waals surface area contributed by atoms with Crippen molar-refractivity contribution >= 4 is 5.65 Å². The Balaban J connectivity index is 1.33. The van der Waals surface area contributed by atoms with Crippen LogP contribution in [0, 0.1) is 17.8 Å². The minimum absolute atomic E-state index is 0.0280. The van der Waals surface area contributed by atoms with Crippen LogP contribution >= 0.6 is 0 Å². The monoisotopic (exact) mass is 447 g/mol. The van der Waals surface area contributed by atoms with Crippen LogP contribution in [0.15, 0.2) is 47.0 Å². The van der Waals surface area contributed by atoms with Crippen LogP contribution in [0.4, 0.5) is 8.78 Å². The van der Waals surface area contributed by atoms with Gasteiger partial charge in [-0.2, -0.15) is 5.10 Å². The summed E-state index contributed by atoms with van der Waals surface area (Å²) in [4.78, 5) is 4.67. The van der Waals surface area contributed by atoms with Crippen molar-refractivity contribution in [1.29, 1.82) is 0 Å². The van der Waals surface area contributed by atoms with Gasteiger partial charge in [0.2, 0.25) is 5.89 Å². The Labute approximate surface area is 189 Å². The molecule has 0 aliphatic heterocycles. The van der Waals surface area contributed by atoms with Crippen molar-refractivity contribution in [3.8, 4) is 22.7 Å². The standard InChI is InChI=1S/C25H23F2N5O/c26-21(27)20-9-19(17-4-2-1-3-5-17)29-22-18(13-28-32(20)22)23-30-31-24(33-23)25-10-14-6-15(11-25)8-16(7-14)12-25/h1-5,9,13-16,21H,6-8,10-12H2. The van der Waals surface area contributed by atoms with Gasteiger partial charge in [-0.05, 0) is 62.3 Å². The minimum atomic E-state index is -2.70. The van der Waals surface area contributed by atoms with E-state index in [0.717, 1.165) is 42.6 Å². The van der Waals surface area contributed by atoms with Gasteiger partial charge in [0.05, 0.1) is 11.9 Å². The molecule has 0 atom stereocenters. The second-order valence-electron chi connectivity index (χ2n) is 10.1. The van der Waals surface area contributed by atoms with Crippen molar-refractivity contribution < 1.29 is 13.2 Å². The Morgan fingerprint density at radius 2 is 1.67 bits per heavy atom. The predicted molar refractivity (Wildman–Crippen MR) is 117 cm³/mol. The van der Waals surface area contributed by atoms with Gasteiger partial charge in [0, 0.05) is 11.0 Å². The molecule has 1 aromatic carbocycles. The van der Waals surface area contributed by atoms with E-state index in [1.807, 2.05) is 30.3 Å². The van der Waals surface area contributed by atoms with E-state index in [0.29, 0.717) is 28.7 Å². The van der Waals surface area contributed by atoms with Crippen LogP contribution in [-0.2, 0) is 5.41 Å². The molecular formula is C25H23F2N5O. The lowest BCUT2D eigenvalue weighted by Crippen LogP contribution is -2.48. The van der Waals surface area contributed by atoms with E-state index in [2.05, 4.69) is 20.3 Å². The van der Waals surface area contributed by atoms with Gasteiger partial charge >= 0.3 is 0 Å². The molecule has 4 aromatic rings. The first-order valence-corrected chi connectivity index (χ1v) is 11.6. The van der Waals surface area contributed by atoms with E-state index in [1.165, 1.54) is 36.0 Å². The molecular weight excluding hydrogens is 424 g/mol. The molecule has 4 aliphatic rings. The summed E-state index contributed by atoms with van der Waals surface area (Å²) >= 11 is 0. The first-order chi connectivity index (χ1) is 16.1. The third-order valence-corrected chi connectivity index (χ3v) is 7.94. The molecule has 4 aliphatic carbocycles. The molecule has 0 N–H and O–H groups in total. The fraction of sp³-hybridized carbons (Fsp3) is 0.440. The highest BCUT2D eigenvalue weighted by Crippen LogP contribution is 2.60. The number of benzene rings is 1. The average molecular weight is 447 g/mol. The van der Waals surface area contributed by atoms with Crippen LogP contribution in [-0.4, -0.2) is 24.8 Å². The molecule has 4 fully saturated rings. The third-order valence-electron chi connectivity index (χ3n) is 7.94. The number of rotatable bonds is 4. The molecule has 0 spiro atoms. The maximum Gasteiger partial charge on any atom is 0.280 e. The number of hydrogen-bond acceptors (Lipinski definition) is 5. The third kappa shape index (κ3) is 2.96. The molecule has 168 valence electrons. The van der Waals surface area contributed by atoms with Gasteiger partial charge in [0.15, 0.2) is 5.65 Å². The van der Waals surface area contributed by atoms with Gasteiger partial charge in [-0.3, -0.25) is 0 Å². The molecule has 33 heavy (non-hydrogen) atoms. The van der Waals surface area contributed by atoms with Crippen LogP contribution in [0.25, 0.3) is 28.4 Å². The number of fused-ring (bicyclic) bond motifs is 1. The zero-order valence-electron chi connectivity index (χ0n) is 18.0. The smallest absolute Gasteiger partial charge is 0.280 e. The summed E-state index contributed by atoms with van der Waals surface area (Å²) in [7, 11) is 0. The first kappa shape index (κ1) is 19.3. The minimum Gasteiger partial charge on any atom is -0.420 e. The van der Waals surface area contributed by atoms with Gasteiger partial charge in [0.1, 0.15) is 11.3 Å². The Bertz CT molecular complexity index is 1310. The number of nitrogens with zero attached hydrogens (tertiary/aromatic N) is 5. The van der Waals surface area contributed by atoms with Gasteiger partial charge in [-0.15, -0.1) is 10.2 Å². The second kappa shape index (κ2) is 6.92. The lowest BCUT2D eigenvalue weighted by molar-refractivity contribution is -0.0176. The van der Waals surface area contributed by atoms with Crippen LogP contribution in [0.3, 0.4) is 0 Å². The van der Waals surface area contributed by atoms with E-state index in [9.17, 15) is 8.78 Å². The molecule has 0 amide bonds. The molecule has 0 saturated heterocycles. The fourth-order valence-electron chi connectivity index (χ4n) is 6.97. The Morgan fingerprint density at radius 3 is 2.33 bits per heavy atom. The van der Waals surface area contributed by atoms with Crippen molar-refractivity contribution in [3.63, 3.8) is 0 Å². The normalized spacial score (nSPS) is 28.3. The summed E-state index contributed by atoms with van der Waals surface area (Å²) in [6.45, 7) is 0. The number of aromatic nitrogens is 5. The summed E-state index contributed by atoms with van der Waals surface area (Å²) in [5.41, 5.74) is 1.76. The van der Waals surface area contributed by atoms with Gasteiger partial charge < -0.3 is 4.42 Å². The fourth-order valence-corrected chi connectivity index (χ4v) is 6.97. The Kier molecular flexibility index (Phi) is 4.05. The summed E-state index contributed by atoms with van der Waals surface area (Å²) in [6, 6.07) is 10.7. The summed E-state index contributed by atoms with van der Waals surface area (Å²) < 4.78 is 35.2. The first-order valence-electron chi connectivity index (χ1n) is 11.6. The molecule has 0 unspecified atom stereocenters. The lowest BCUT2D eigenvalue weighted by atomic mass is 9.49. The molecule has 4 saturated carbocycles. The summed E-state index contributed by atoms with van der Waals surface area (Å²) in [5.74, 6) is 3.27. The topological polar surface area (TPSA) is 69.1 Å². The van der Waals surface area contributed by atoms with Crippen LogP contribution in [0.2, 0.25) is 0 Å². The molecule has 3 aromatic heterocycles. The van der Waals surface area contributed by atoms with Crippen molar-refractivity contribution in [3.05, 3.63) is 54.2 Å². The van der Waals surface area contributed by atoms with Crippen molar-refractivity contribution in [2.45, 2.75) is 50.4 Å². The Morgan fingerprint density at radius 1 is 0.970 bits per heavy atom. The molecule has 4 bridgehead atoms. The quantitative estimate of drug-likeness (QED) is 0.392. The zero-order chi connectivity index (χ0) is 22.2. The van der Waals surface area contributed by atoms with E-state index in [1.54, 1.807) is 0 Å². The molecule has 8 heteroatoms. The van der Waals surface area contributed by atoms with Crippen LogP contribution in [0.5, 0.6) is 0 Å². The van der Waals surface area contributed by atoms with E-state index in [-0.39, 0.29) is 11.1 Å². The van der Waals surface area contributed by atoms with Crippen molar-refractivity contribution in [2.75, 3.05) is 0 Å². The molecule has 8 rings (SSSR count). The highest BCUT2D eigenvalue weighted by atomic mass is 19.3. The maximum absolute atomic E-state index is 13.9. The van der Waals surface area contributed by atoms with Gasteiger partial charge in [-0.1, -0.05) is 30.3 Å². The van der Waals surface area contributed by atoms with Crippen LogP contribution < -0.4 is 0 Å². The zero-order valence-corrected chi connectivity index (χ0v) is 18.0. The highest BCUT2D eigenvalue weighted by molar-refractivity contribution is 5.74. The molecule has 3 heterocycles. The van der Waals surface area contributed by atoms with Crippen molar-refractivity contribution in [1.82, 2.24) is 24.8 Å². The lowest BCUT2D eigenvalue weighted by Gasteiger charge is -2.55. The second-order valence-corrected chi connectivity index (χ2v) is 10.1. The molecule has 6 nitrogen and oxygen atoms in total. The van der Waals surface area contributed by atoms with Crippen molar-refractivity contribution in [2.24, 2.45) is 17.8 Å². The van der Waals surface area contributed by atoms with Gasteiger partial charge in [0.25, 0.3) is 12.3 Å². The van der Waals surface area contributed by atoms with E-state index < -0.39 is 6.43 Å². The van der Waals surface area contributed by atoms with E-state index in [4.69, 9.17) is 4.42 Å².